The average Bonchev–Trinajstić information content (AvgIpc) is 2.24. The molecule has 0 aliphatic carbocycles. The van der Waals surface area contributed by atoms with Crippen LogP contribution in [0.2, 0.25) is 0 Å². The summed E-state index contributed by atoms with van der Waals surface area (Å²) in [5, 5.41) is 12.0. The second-order valence-electron chi connectivity index (χ2n) is 4.07. The molecule has 4 heteroatoms. The van der Waals surface area contributed by atoms with Crippen LogP contribution in [0.15, 0.2) is 0 Å². The molecule has 0 bridgehead atoms. The number of aliphatic carboxylic acids is 1. The second-order valence-corrected chi connectivity index (χ2v) is 5.22. The summed E-state index contributed by atoms with van der Waals surface area (Å²) in [5.41, 5.74) is 0. The van der Waals surface area contributed by atoms with E-state index in [0.29, 0.717) is 12.5 Å². The van der Waals surface area contributed by atoms with Gasteiger partial charge in [-0.25, -0.2) is 0 Å². The Labute approximate surface area is 96.0 Å². The number of carboxylic acid groups (broad SMARTS) is 1. The molecular formula is C11H21NO2S. The van der Waals surface area contributed by atoms with Gasteiger partial charge >= 0.3 is 5.97 Å². The molecule has 0 saturated carbocycles. The Morgan fingerprint density at radius 1 is 1.40 bits per heavy atom. The largest absolute Gasteiger partial charge is 0.481 e. The summed E-state index contributed by atoms with van der Waals surface area (Å²) in [4.78, 5) is 10.3. The number of carbonyl (C=O) groups is 1. The van der Waals surface area contributed by atoms with Crippen LogP contribution >= 0.6 is 11.8 Å². The number of carboxylic acids is 1. The van der Waals surface area contributed by atoms with Crippen LogP contribution in [-0.4, -0.2) is 35.2 Å². The summed E-state index contributed by atoms with van der Waals surface area (Å²) in [6.07, 6.45) is 5.91. The summed E-state index contributed by atoms with van der Waals surface area (Å²) < 4.78 is 0. The van der Waals surface area contributed by atoms with E-state index in [9.17, 15) is 4.79 Å². The van der Waals surface area contributed by atoms with E-state index in [0.717, 1.165) is 25.8 Å². The first-order valence-electron chi connectivity index (χ1n) is 5.82. The van der Waals surface area contributed by atoms with Crippen molar-refractivity contribution in [2.75, 3.05) is 18.1 Å². The summed E-state index contributed by atoms with van der Waals surface area (Å²) in [6.45, 7) is 1.05. The molecule has 0 amide bonds. The molecule has 1 heterocycles. The van der Waals surface area contributed by atoms with Gasteiger partial charge in [-0.2, -0.15) is 11.8 Å². The van der Waals surface area contributed by atoms with Crippen molar-refractivity contribution in [2.24, 2.45) is 0 Å². The van der Waals surface area contributed by atoms with Crippen molar-refractivity contribution in [1.82, 2.24) is 5.32 Å². The molecule has 0 aromatic rings. The maximum absolute atomic E-state index is 10.3. The minimum atomic E-state index is -0.674. The fourth-order valence-electron chi connectivity index (χ4n) is 1.79. The van der Waals surface area contributed by atoms with Crippen molar-refractivity contribution < 1.29 is 9.90 Å². The molecule has 0 spiro atoms. The number of unbranched alkanes of at least 4 members (excludes halogenated alkanes) is 2. The van der Waals surface area contributed by atoms with Gasteiger partial charge in [-0.1, -0.05) is 6.42 Å². The SMILES string of the molecule is O=C(O)CCCCCNC1CCCSC1. The van der Waals surface area contributed by atoms with Crippen LogP contribution in [-0.2, 0) is 4.79 Å². The molecule has 0 aromatic carbocycles. The molecule has 0 aromatic heterocycles. The number of thioether (sulfide) groups is 1. The lowest BCUT2D eigenvalue weighted by atomic mass is 10.1. The van der Waals surface area contributed by atoms with E-state index in [1.807, 2.05) is 11.8 Å². The zero-order valence-corrected chi connectivity index (χ0v) is 10.0. The minimum Gasteiger partial charge on any atom is -0.481 e. The van der Waals surface area contributed by atoms with Crippen LogP contribution in [0.3, 0.4) is 0 Å². The Balaban J connectivity index is 1.85. The first-order valence-corrected chi connectivity index (χ1v) is 6.97. The molecule has 1 saturated heterocycles. The van der Waals surface area contributed by atoms with Crippen molar-refractivity contribution in [3.05, 3.63) is 0 Å². The molecule has 1 fully saturated rings. The van der Waals surface area contributed by atoms with E-state index >= 15 is 0 Å². The lowest BCUT2D eigenvalue weighted by molar-refractivity contribution is -0.137. The predicted octanol–water partition coefficient (Wildman–Crippen LogP) is 2.12. The zero-order chi connectivity index (χ0) is 10.9. The summed E-state index contributed by atoms with van der Waals surface area (Å²) in [6, 6.07) is 0.697. The molecule has 1 aliphatic heterocycles. The first-order chi connectivity index (χ1) is 7.29. The number of hydrogen-bond acceptors (Lipinski definition) is 3. The first kappa shape index (κ1) is 12.8. The van der Waals surface area contributed by atoms with E-state index in [1.165, 1.54) is 24.3 Å². The maximum atomic E-state index is 10.3. The summed E-state index contributed by atoms with van der Waals surface area (Å²) in [5.74, 6) is 1.89. The number of rotatable bonds is 7. The number of hydrogen-bond donors (Lipinski definition) is 2. The highest BCUT2D eigenvalue weighted by Gasteiger charge is 2.11. The van der Waals surface area contributed by atoms with Crippen LogP contribution in [0.1, 0.15) is 38.5 Å². The highest BCUT2D eigenvalue weighted by atomic mass is 32.2. The van der Waals surface area contributed by atoms with Crippen molar-refractivity contribution >= 4 is 17.7 Å². The van der Waals surface area contributed by atoms with Gasteiger partial charge in [0.15, 0.2) is 0 Å². The van der Waals surface area contributed by atoms with Crippen LogP contribution in [0.5, 0.6) is 0 Å². The molecule has 3 nitrogen and oxygen atoms in total. The van der Waals surface area contributed by atoms with Gasteiger partial charge in [-0.05, 0) is 38.0 Å². The lowest BCUT2D eigenvalue weighted by Gasteiger charge is -2.22. The third kappa shape index (κ3) is 6.79. The van der Waals surface area contributed by atoms with Crippen molar-refractivity contribution in [3.63, 3.8) is 0 Å². The standard InChI is InChI=1S/C11H21NO2S/c13-11(14)6-2-1-3-7-12-10-5-4-8-15-9-10/h10,12H,1-9H2,(H,13,14). The number of nitrogens with one attached hydrogen (secondary N) is 1. The Morgan fingerprint density at radius 2 is 2.27 bits per heavy atom. The quantitative estimate of drug-likeness (QED) is 0.659. The van der Waals surface area contributed by atoms with Crippen molar-refractivity contribution in [2.45, 2.75) is 44.6 Å². The third-order valence-electron chi connectivity index (χ3n) is 2.66. The summed E-state index contributed by atoms with van der Waals surface area (Å²) in [7, 11) is 0. The fraction of sp³-hybridized carbons (Fsp3) is 0.909. The lowest BCUT2D eigenvalue weighted by Crippen LogP contribution is -2.34. The van der Waals surface area contributed by atoms with Crippen molar-refractivity contribution in [1.29, 1.82) is 0 Å². The van der Waals surface area contributed by atoms with Gasteiger partial charge in [-0.3, -0.25) is 4.79 Å². The van der Waals surface area contributed by atoms with E-state index in [-0.39, 0.29) is 0 Å². The molecular weight excluding hydrogens is 210 g/mol. The van der Waals surface area contributed by atoms with E-state index in [1.54, 1.807) is 0 Å². The van der Waals surface area contributed by atoms with Crippen LogP contribution < -0.4 is 5.32 Å². The van der Waals surface area contributed by atoms with E-state index in [4.69, 9.17) is 5.11 Å². The monoisotopic (exact) mass is 231 g/mol. The predicted molar refractivity (Wildman–Crippen MR) is 64.5 cm³/mol. The van der Waals surface area contributed by atoms with Crippen LogP contribution in [0.4, 0.5) is 0 Å². The van der Waals surface area contributed by atoms with Crippen LogP contribution in [0, 0.1) is 0 Å². The van der Waals surface area contributed by atoms with Gasteiger partial charge in [0.05, 0.1) is 0 Å². The third-order valence-corrected chi connectivity index (χ3v) is 3.88. The van der Waals surface area contributed by atoms with E-state index < -0.39 is 5.97 Å². The molecule has 88 valence electrons. The smallest absolute Gasteiger partial charge is 0.303 e. The maximum Gasteiger partial charge on any atom is 0.303 e. The molecule has 1 atom stereocenters. The zero-order valence-electron chi connectivity index (χ0n) is 9.21. The fourth-order valence-corrected chi connectivity index (χ4v) is 2.89. The Kier molecular flexibility index (Phi) is 6.85. The van der Waals surface area contributed by atoms with Gasteiger partial charge in [0.1, 0.15) is 0 Å². The average molecular weight is 231 g/mol. The normalized spacial score (nSPS) is 21.5. The molecule has 15 heavy (non-hydrogen) atoms. The van der Waals surface area contributed by atoms with Gasteiger partial charge in [0.25, 0.3) is 0 Å². The van der Waals surface area contributed by atoms with E-state index in [2.05, 4.69) is 5.32 Å². The minimum absolute atomic E-state index is 0.319. The molecule has 1 aliphatic rings. The Bertz CT molecular complexity index is 181. The topological polar surface area (TPSA) is 49.3 Å². The molecule has 0 radical (unpaired) electrons. The van der Waals surface area contributed by atoms with Gasteiger partial charge in [-0.15, -0.1) is 0 Å². The highest BCUT2D eigenvalue weighted by molar-refractivity contribution is 7.99. The van der Waals surface area contributed by atoms with Gasteiger partial charge in [0, 0.05) is 18.2 Å². The summed E-state index contributed by atoms with van der Waals surface area (Å²) >= 11 is 2.04. The van der Waals surface area contributed by atoms with Gasteiger partial charge in [0.2, 0.25) is 0 Å². The van der Waals surface area contributed by atoms with Crippen LogP contribution in [0.25, 0.3) is 0 Å². The van der Waals surface area contributed by atoms with Crippen molar-refractivity contribution in [3.8, 4) is 0 Å². The highest BCUT2D eigenvalue weighted by Crippen LogP contribution is 2.16. The Morgan fingerprint density at radius 3 is 2.93 bits per heavy atom. The second kappa shape index (κ2) is 7.99. The molecule has 2 N–H and O–H groups in total. The molecule has 1 unspecified atom stereocenters. The molecule has 1 rings (SSSR count). The van der Waals surface area contributed by atoms with Gasteiger partial charge < -0.3 is 10.4 Å². The Hall–Kier alpha value is -0.220.